The second-order valence-corrected chi connectivity index (χ2v) is 2.86. The number of nitrogens with zero attached hydrogens (tertiary/aromatic N) is 2. The van der Waals surface area contributed by atoms with Crippen LogP contribution >= 0.6 is 23.2 Å². The molecule has 0 aliphatic heterocycles. The highest BCUT2D eigenvalue weighted by Crippen LogP contribution is 2.20. The lowest BCUT2D eigenvalue weighted by molar-refractivity contribution is -0.118. The fourth-order valence-corrected chi connectivity index (χ4v) is 0.836. The summed E-state index contributed by atoms with van der Waals surface area (Å²) in [7, 11) is 0. The van der Waals surface area contributed by atoms with Gasteiger partial charge in [0, 0.05) is 0 Å². The van der Waals surface area contributed by atoms with E-state index >= 15 is 0 Å². The van der Waals surface area contributed by atoms with Gasteiger partial charge in [0.1, 0.15) is 17.9 Å². The first-order valence-electron chi connectivity index (χ1n) is 3.52. The van der Waals surface area contributed by atoms with Crippen molar-refractivity contribution in [2.45, 2.75) is 0 Å². The van der Waals surface area contributed by atoms with Crippen LogP contribution in [-0.2, 0) is 4.79 Å². The van der Waals surface area contributed by atoms with Gasteiger partial charge in [-0.25, -0.2) is 9.97 Å². The second-order valence-electron chi connectivity index (χ2n) is 2.23. The lowest BCUT2D eigenvalue weighted by Crippen LogP contribution is -2.31. The summed E-state index contributed by atoms with van der Waals surface area (Å²) in [4.78, 5) is 18.2. The van der Waals surface area contributed by atoms with Gasteiger partial charge in [0.25, 0.3) is 5.91 Å². The zero-order chi connectivity index (χ0) is 10.6. The lowest BCUT2D eigenvalue weighted by Gasteiger charge is -2.08. The molecule has 14 heavy (non-hydrogen) atoms. The number of halogens is 2. The minimum atomic E-state index is -0.402. The summed E-state index contributed by atoms with van der Waals surface area (Å²) in [6.07, 6.45) is 1.22. The van der Waals surface area contributed by atoms with E-state index in [4.69, 9.17) is 28.9 Å². The van der Waals surface area contributed by atoms with Crippen molar-refractivity contribution in [3.05, 3.63) is 11.5 Å². The molecule has 0 saturated heterocycles. The first-order valence-corrected chi connectivity index (χ1v) is 4.43. The minimum absolute atomic E-state index is 0.114. The summed E-state index contributed by atoms with van der Waals surface area (Å²) in [5.41, 5.74) is 10.4. The van der Waals surface area contributed by atoms with E-state index in [1.165, 1.54) is 6.33 Å². The van der Waals surface area contributed by atoms with Gasteiger partial charge in [0.2, 0.25) is 0 Å². The van der Waals surface area contributed by atoms with Crippen LogP contribution in [0.1, 0.15) is 0 Å². The average Bonchev–Trinajstić information content (AvgIpc) is 2.20. The van der Waals surface area contributed by atoms with E-state index in [2.05, 4.69) is 20.8 Å². The van der Waals surface area contributed by atoms with Gasteiger partial charge < -0.3 is 5.73 Å². The fraction of sp³-hybridized carbons (Fsp3) is 0.167. The number of nitrogen functional groups attached to an aromatic ring is 1. The number of aromatic nitrogens is 2. The Morgan fingerprint density at radius 2 is 2.29 bits per heavy atom. The highest BCUT2D eigenvalue weighted by Gasteiger charge is 2.05. The first-order chi connectivity index (χ1) is 6.65. The average molecular weight is 236 g/mol. The Kier molecular flexibility index (Phi) is 3.73. The molecule has 8 heteroatoms. The Morgan fingerprint density at radius 3 is 2.93 bits per heavy atom. The van der Waals surface area contributed by atoms with E-state index in [9.17, 15) is 4.79 Å². The molecular weight excluding hydrogens is 229 g/mol. The number of rotatable bonds is 3. The molecule has 0 unspecified atom stereocenters. The Labute approximate surface area is 89.8 Å². The maximum Gasteiger partial charge on any atom is 0.253 e. The molecule has 0 aliphatic carbocycles. The molecule has 0 atom stereocenters. The maximum absolute atomic E-state index is 10.8. The van der Waals surface area contributed by atoms with E-state index in [1.54, 1.807) is 0 Å². The van der Waals surface area contributed by atoms with Gasteiger partial charge in [-0.3, -0.25) is 15.6 Å². The van der Waals surface area contributed by atoms with Gasteiger partial charge >= 0.3 is 0 Å². The molecule has 1 rings (SSSR count). The third-order valence-electron chi connectivity index (χ3n) is 1.28. The van der Waals surface area contributed by atoms with Gasteiger partial charge in [-0.15, -0.1) is 11.6 Å². The monoisotopic (exact) mass is 235 g/mol. The minimum Gasteiger partial charge on any atom is -0.393 e. The van der Waals surface area contributed by atoms with Gasteiger partial charge in [0.05, 0.1) is 0 Å². The van der Waals surface area contributed by atoms with E-state index in [-0.39, 0.29) is 22.5 Å². The van der Waals surface area contributed by atoms with Crippen LogP contribution in [0, 0.1) is 0 Å². The summed E-state index contributed by atoms with van der Waals surface area (Å²) < 4.78 is 0. The highest BCUT2D eigenvalue weighted by molar-refractivity contribution is 6.32. The molecule has 0 aliphatic rings. The van der Waals surface area contributed by atoms with Crippen LogP contribution in [0.15, 0.2) is 6.33 Å². The van der Waals surface area contributed by atoms with Crippen molar-refractivity contribution in [2.75, 3.05) is 17.0 Å². The van der Waals surface area contributed by atoms with Crippen LogP contribution < -0.4 is 16.6 Å². The Morgan fingerprint density at radius 1 is 1.57 bits per heavy atom. The molecule has 6 nitrogen and oxygen atoms in total. The number of carbonyl (C=O) groups excluding carboxylic acids is 1. The lowest BCUT2D eigenvalue weighted by atomic mass is 10.5. The predicted octanol–water partition coefficient (Wildman–Crippen LogP) is 0.394. The van der Waals surface area contributed by atoms with Crippen LogP contribution in [0.4, 0.5) is 11.5 Å². The molecule has 1 amide bonds. The molecule has 0 spiro atoms. The van der Waals surface area contributed by atoms with Crippen molar-refractivity contribution >= 4 is 40.6 Å². The smallest absolute Gasteiger partial charge is 0.253 e. The van der Waals surface area contributed by atoms with Crippen LogP contribution in [0.25, 0.3) is 0 Å². The molecule has 4 N–H and O–H groups in total. The van der Waals surface area contributed by atoms with Crippen molar-refractivity contribution < 1.29 is 4.79 Å². The number of amides is 1. The van der Waals surface area contributed by atoms with Gasteiger partial charge in [-0.05, 0) is 0 Å². The van der Waals surface area contributed by atoms with Crippen molar-refractivity contribution in [1.82, 2.24) is 15.4 Å². The summed E-state index contributed by atoms with van der Waals surface area (Å²) in [5, 5.41) is 0.114. The van der Waals surface area contributed by atoms with Crippen LogP contribution in [0.3, 0.4) is 0 Å². The summed E-state index contributed by atoms with van der Waals surface area (Å²) >= 11 is 10.9. The third-order valence-corrected chi connectivity index (χ3v) is 1.82. The molecule has 0 saturated carbocycles. The largest absolute Gasteiger partial charge is 0.393 e. The Balaban J connectivity index is 2.68. The summed E-state index contributed by atoms with van der Waals surface area (Å²) in [6, 6.07) is 0. The molecule has 0 radical (unpaired) electrons. The maximum atomic E-state index is 10.8. The number of hydrogen-bond acceptors (Lipinski definition) is 5. The number of nitrogens with two attached hydrogens (primary N) is 1. The van der Waals surface area contributed by atoms with Gasteiger partial charge in [-0.1, -0.05) is 11.6 Å². The number of nitrogens with one attached hydrogen (secondary N) is 2. The third kappa shape index (κ3) is 2.61. The molecule has 1 heterocycles. The van der Waals surface area contributed by atoms with Crippen LogP contribution in [-0.4, -0.2) is 21.8 Å². The first kappa shape index (κ1) is 10.8. The number of hydrazine groups is 1. The zero-order valence-electron chi connectivity index (χ0n) is 6.92. The van der Waals surface area contributed by atoms with Gasteiger partial charge in [0.15, 0.2) is 11.0 Å². The van der Waals surface area contributed by atoms with Crippen LogP contribution in [0.5, 0.6) is 0 Å². The van der Waals surface area contributed by atoms with Gasteiger partial charge in [-0.2, -0.15) is 0 Å². The topological polar surface area (TPSA) is 92.9 Å². The molecule has 0 bridgehead atoms. The van der Waals surface area contributed by atoms with Crippen molar-refractivity contribution in [3.8, 4) is 0 Å². The SMILES string of the molecule is Nc1c(Cl)ncnc1NNC(=O)CCl. The van der Waals surface area contributed by atoms with E-state index in [1.807, 2.05) is 0 Å². The quantitative estimate of drug-likeness (QED) is 0.401. The fourth-order valence-electron chi connectivity index (χ4n) is 0.636. The molecule has 0 fully saturated rings. The van der Waals surface area contributed by atoms with E-state index < -0.39 is 5.91 Å². The predicted molar refractivity (Wildman–Crippen MR) is 53.9 cm³/mol. The normalized spacial score (nSPS) is 9.57. The van der Waals surface area contributed by atoms with E-state index in [0.717, 1.165) is 0 Å². The van der Waals surface area contributed by atoms with Crippen LogP contribution in [0.2, 0.25) is 5.15 Å². The molecule has 1 aromatic heterocycles. The zero-order valence-corrected chi connectivity index (χ0v) is 8.43. The standard InChI is InChI=1S/C6H7Cl2N5O/c7-1-3(14)12-13-6-4(9)5(8)10-2-11-6/h2H,1,9H2,(H,12,14)(H,10,11,13). The Hall–Kier alpha value is -1.27. The van der Waals surface area contributed by atoms with Crippen molar-refractivity contribution in [3.63, 3.8) is 0 Å². The second kappa shape index (κ2) is 4.83. The number of hydrogen-bond donors (Lipinski definition) is 3. The molecular formula is C6H7Cl2N5O. The highest BCUT2D eigenvalue weighted by atomic mass is 35.5. The molecule has 1 aromatic rings. The van der Waals surface area contributed by atoms with Crippen molar-refractivity contribution in [1.29, 1.82) is 0 Å². The summed E-state index contributed by atoms with van der Waals surface area (Å²) in [6.45, 7) is 0. The number of anilines is 2. The Bertz CT molecular complexity index is 345. The van der Waals surface area contributed by atoms with Crippen molar-refractivity contribution in [2.24, 2.45) is 0 Å². The summed E-state index contributed by atoms with van der Waals surface area (Å²) in [5.74, 6) is -0.338. The van der Waals surface area contributed by atoms with E-state index in [0.29, 0.717) is 0 Å². The molecule has 0 aromatic carbocycles. The number of alkyl halides is 1. The molecule has 76 valence electrons. The number of carbonyl (C=O) groups is 1.